The van der Waals surface area contributed by atoms with Gasteiger partial charge in [0.2, 0.25) is 0 Å². The molecule has 10 rings (SSSR count). The average molecular weight is 783 g/mol. The summed E-state index contributed by atoms with van der Waals surface area (Å²) in [6.07, 6.45) is 9.40. The van der Waals surface area contributed by atoms with E-state index < -0.39 is 5.60 Å². The summed E-state index contributed by atoms with van der Waals surface area (Å²) >= 11 is 0. The second-order valence-corrected chi connectivity index (χ2v) is 18.3. The minimum Gasteiger partial charge on any atom is -0.487 e. The molecule has 0 fully saturated rings. The molecule has 0 aliphatic heterocycles. The van der Waals surface area contributed by atoms with Gasteiger partial charge in [-0.2, -0.15) is 0 Å². The maximum Gasteiger partial charge on any atom is 0.135 e. The van der Waals surface area contributed by atoms with Crippen molar-refractivity contribution < 1.29 is 4.74 Å². The van der Waals surface area contributed by atoms with Crippen molar-refractivity contribution in [2.75, 3.05) is 0 Å². The third kappa shape index (κ3) is 6.49. The number of rotatable bonds is 6. The van der Waals surface area contributed by atoms with Crippen LogP contribution in [0, 0.1) is 0 Å². The van der Waals surface area contributed by atoms with Gasteiger partial charge in [0.15, 0.2) is 0 Å². The van der Waals surface area contributed by atoms with Gasteiger partial charge in [0.05, 0.1) is 33.3 Å². The lowest BCUT2D eigenvalue weighted by Gasteiger charge is -2.29. The first kappa shape index (κ1) is 37.5. The van der Waals surface area contributed by atoms with Crippen molar-refractivity contribution in [3.8, 4) is 50.5 Å². The fourth-order valence-corrected chi connectivity index (χ4v) is 9.03. The molecule has 0 radical (unpaired) electrons. The molecule has 0 N–H and O–H groups in total. The topological polar surface area (TPSA) is 44.9 Å². The number of ether oxygens (including phenoxy) is 1. The zero-order chi connectivity index (χ0) is 41.3. The van der Waals surface area contributed by atoms with Crippen molar-refractivity contribution >= 4 is 39.0 Å². The molecule has 9 aromatic rings. The predicted molar refractivity (Wildman–Crippen MR) is 251 cm³/mol. The van der Waals surface area contributed by atoms with Gasteiger partial charge in [0.1, 0.15) is 11.4 Å². The smallest absolute Gasteiger partial charge is 0.135 e. The van der Waals surface area contributed by atoms with Crippen molar-refractivity contribution in [2.45, 2.75) is 71.8 Å². The average Bonchev–Trinajstić information content (AvgIpc) is 3.77. The van der Waals surface area contributed by atoms with Gasteiger partial charge in [-0.25, -0.2) is 0 Å². The number of hydrogen-bond donors (Lipinski definition) is 0. The maximum absolute atomic E-state index is 6.91. The number of pyridine rings is 2. The summed E-state index contributed by atoms with van der Waals surface area (Å²) in [4.78, 5) is 9.84. The lowest BCUT2D eigenvalue weighted by molar-refractivity contribution is 0.132. The Balaban J connectivity index is 1.20. The number of allylic oxidation sites excluding steroid dienone is 1. The minimum absolute atomic E-state index is 0.0675. The molecular formula is C55H50N4O. The highest BCUT2D eigenvalue weighted by atomic mass is 16.5. The van der Waals surface area contributed by atoms with Gasteiger partial charge in [-0.15, -0.1) is 0 Å². The minimum atomic E-state index is -0.398. The number of benzene rings is 5. The van der Waals surface area contributed by atoms with Crippen LogP contribution in [0.4, 0.5) is 0 Å². The van der Waals surface area contributed by atoms with Crippen LogP contribution in [0.15, 0.2) is 152 Å². The third-order valence-electron chi connectivity index (χ3n) is 11.9. The summed E-state index contributed by atoms with van der Waals surface area (Å²) in [6, 6.07) is 48.4. The lowest BCUT2D eigenvalue weighted by atomic mass is 9.82. The Bertz CT molecular complexity index is 3060. The molecule has 0 spiro atoms. The third-order valence-corrected chi connectivity index (χ3v) is 11.9. The maximum atomic E-state index is 6.91. The number of hydrogen-bond acceptors (Lipinski definition) is 3. The first-order chi connectivity index (χ1) is 28.9. The molecule has 0 bridgehead atoms. The summed E-state index contributed by atoms with van der Waals surface area (Å²) in [5, 5.41) is 1.13. The van der Waals surface area contributed by atoms with Crippen LogP contribution in [0.1, 0.15) is 77.6 Å². The second-order valence-electron chi connectivity index (χ2n) is 18.3. The van der Waals surface area contributed by atoms with Crippen LogP contribution in [0.3, 0.4) is 0 Å². The largest absolute Gasteiger partial charge is 0.487 e. The van der Waals surface area contributed by atoms with Gasteiger partial charge < -0.3 is 13.9 Å². The molecule has 60 heavy (non-hydrogen) atoms. The van der Waals surface area contributed by atoms with E-state index in [-0.39, 0.29) is 5.41 Å². The number of aromatic nitrogens is 4. The van der Waals surface area contributed by atoms with E-state index in [0.29, 0.717) is 5.92 Å². The number of nitrogens with zero attached hydrogens (tertiary/aromatic N) is 4. The normalized spacial score (nSPS) is 14.3. The summed E-state index contributed by atoms with van der Waals surface area (Å²) < 4.78 is 11.7. The van der Waals surface area contributed by atoms with E-state index in [1.807, 2.05) is 18.5 Å². The van der Waals surface area contributed by atoms with E-state index >= 15 is 0 Å². The molecule has 0 saturated carbocycles. The van der Waals surface area contributed by atoms with Crippen LogP contribution in [-0.4, -0.2) is 24.7 Å². The highest BCUT2D eigenvalue weighted by Crippen LogP contribution is 2.45. The molecule has 1 atom stereocenters. The highest BCUT2D eigenvalue weighted by molar-refractivity contribution is 6.07. The molecule has 0 saturated heterocycles. The van der Waals surface area contributed by atoms with Crippen molar-refractivity contribution in [3.05, 3.63) is 169 Å². The van der Waals surface area contributed by atoms with Crippen LogP contribution in [0.5, 0.6) is 5.75 Å². The van der Waals surface area contributed by atoms with Crippen molar-refractivity contribution in [1.82, 2.24) is 19.1 Å². The summed E-state index contributed by atoms with van der Waals surface area (Å²) in [6.45, 7) is 15.5. The van der Waals surface area contributed by atoms with Gasteiger partial charge in [0, 0.05) is 45.8 Å². The molecule has 5 heteroatoms. The quantitative estimate of drug-likeness (QED) is 0.169. The van der Waals surface area contributed by atoms with Crippen LogP contribution in [-0.2, 0) is 5.41 Å². The Morgan fingerprint density at radius 2 is 1.15 bits per heavy atom. The highest BCUT2D eigenvalue weighted by Gasteiger charge is 2.27. The van der Waals surface area contributed by atoms with Crippen molar-refractivity contribution in [3.63, 3.8) is 0 Å². The first-order valence-electron chi connectivity index (χ1n) is 21.1. The van der Waals surface area contributed by atoms with Gasteiger partial charge in [0.25, 0.3) is 0 Å². The van der Waals surface area contributed by atoms with E-state index in [2.05, 4.69) is 197 Å². The Hall–Kier alpha value is -6.72. The van der Waals surface area contributed by atoms with E-state index in [1.54, 1.807) is 0 Å². The summed E-state index contributed by atoms with van der Waals surface area (Å²) in [5.41, 5.74) is 17.6. The number of fused-ring (bicyclic) bond motifs is 6. The Morgan fingerprint density at radius 1 is 0.567 bits per heavy atom. The molecule has 4 heterocycles. The Morgan fingerprint density at radius 3 is 1.83 bits per heavy atom. The Kier molecular flexibility index (Phi) is 8.91. The van der Waals surface area contributed by atoms with E-state index in [4.69, 9.17) is 14.7 Å². The van der Waals surface area contributed by atoms with Gasteiger partial charge >= 0.3 is 0 Å². The molecule has 0 amide bonds. The van der Waals surface area contributed by atoms with Crippen LogP contribution in [0.2, 0.25) is 0 Å². The van der Waals surface area contributed by atoms with Gasteiger partial charge in [-0.1, -0.05) is 107 Å². The molecule has 4 aromatic heterocycles. The second kappa shape index (κ2) is 14.2. The molecule has 5 aromatic carbocycles. The van der Waals surface area contributed by atoms with Gasteiger partial charge in [-0.05, 0) is 133 Å². The monoisotopic (exact) mass is 782 g/mol. The molecular weight excluding hydrogens is 733 g/mol. The zero-order valence-corrected chi connectivity index (χ0v) is 35.5. The van der Waals surface area contributed by atoms with Crippen molar-refractivity contribution in [2.24, 2.45) is 0 Å². The zero-order valence-electron chi connectivity index (χ0n) is 35.5. The first-order valence-corrected chi connectivity index (χ1v) is 21.1. The Labute approximate surface area is 352 Å². The van der Waals surface area contributed by atoms with Crippen LogP contribution < -0.4 is 4.74 Å². The summed E-state index contributed by atoms with van der Waals surface area (Å²) in [7, 11) is 0. The lowest BCUT2D eigenvalue weighted by Crippen LogP contribution is -2.24. The summed E-state index contributed by atoms with van der Waals surface area (Å²) in [5.74, 6) is 1.27. The standard InChI is InChI=1S/C55H50N4O/c1-35-16-13-21-47-50(35)52-49(23-15-29-57-52)59(47)42-31-39(30-41(34-42)58-46-20-12-11-19-43(46)51-48(58)22-14-28-56-51)36-24-26-38(27-25-36)45-33-40(54(2,3)4)32-44(37-17-9-8-10-18-37)53(45)60-55(5,6)7/h8-15,17-35H,16H2,1-7H3. The molecule has 1 unspecified atom stereocenters. The SMILES string of the molecule is CC1CC=Cc2c1c1ncccc1n2-c1cc(-c2ccc(-c3cc(C(C)(C)C)cc(-c4ccccc4)c3OC(C)(C)C)cc2)cc(-n2c3ccccc3c3ncccc32)c1. The predicted octanol–water partition coefficient (Wildman–Crippen LogP) is 14.5. The van der Waals surface area contributed by atoms with Crippen molar-refractivity contribution in [1.29, 1.82) is 0 Å². The van der Waals surface area contributed by atoms with Crippen LogP contribution in [0.25, 0.3) is 83.8 Å². The fraction of sp³-hybridized carbons (Fsp3) is 0.200. The molecule has 296 valence electrons. The fourth-order valence-electron chi connectivity index (χ4n) is 9.03. The van der Waals surface area contributed by atoms with E-state index in [0.717, 1.165) is 89.9 Å². The van der Waals surface area contributed by atoms with E-state index in [9.17, 15) is 0 Å². The molecule has 1 aliphatic rings. The van der Waals surface area contributed by atoms with E-state index in [1.165, 1.54) is 16.8 Å². The number of para-hydroxylation sites is 1. The molecule has 5 nitrogen and oxygen atoms in total. The molecule has 1 aliphatic carbocycles. The van der Waals surface area contributed by atoms with Gasteiger partial charge in [-0.3, -0.25) is 9.97 Å². The van der Waals surface area contributed by atoms with Crippen LogP contribution >= 0.6 is 0 Å².